The van der Waals surface area contributed by atoms with Crippen molar-refractivity contribution in [3.05, 3.63) is 59.7 Å². The highest BCUT2D eigenvalue weighted by Crippen LogP contribution is 2.32. The second-order valence-electron chi connectivity index (χ2n) is 7.18. The van der Waals surface area contributed by atoms with Crippen molar-refractivity contribution in [1.82, 2.24) is 4.31 Å². The van der Waals surface area contributed by atoms with Gasteiger partial charge in [-0.15, -0.1) is 0 Å². The molecule has 0 saturated heterocycles. The molecule has 3 rings (SSSR count). The molecule has 1 atom stereocenters. The predicted octanol–water partition coefficient (Wildman–Crippen LogP) is 3.63. The molecule has 0 spiro atoms. The van der Waals surface area contributed by atoms with Gasteiger partial charge in [-0.3, -0.25) is 4.79 Å². The number of benzene rings is 2. The molecule has 0 radical (unpaired) electrons. The summed E-state index contributed by atoms with van der Waals surface area (Å²) in [5.74, 6) is 0.109. The molecule has 0 unspecified atom stereocenters. The maximum absolute atomic E-state index is 12.8. The van der Waals surface area contributed by atoms with Gasteiger partial charge in [0.05, 0.1) is 4.90 Å². The van der Waals surface area contributed by atoms with E-state index in [1.807, 2.05) is 49.1 Å². The number of amides is 1. The molecule has 1 heterocycles. The molecular weight excluding hydrogens is 372 g/mol. The van der Waals surface area contributed by atoms with Crippen LogP contribution < -0.4 is 4.90 Å². The molecule has 0 aromatic heterocycles. The molecule has 1 aliphatic heterocycles. The summed E-state index contributed by atoms with van der Waals surface area (Å²) in [6.07, 6.45) is 1.89. The van der Waals surface area contributed by atoms with E-state index in [1.165, 1.54) is 9.87 Å². The lowest BCUT2D eigenvalue weighted by atomic mass is 10.1. The number of hydrogen-bond donors (Lipinski definition) is 0. The number of sulfonamides is 1. The van der Waals surface area contributed by atoms with Crippen molar-refractivity contribution >= 4 is 21.6 Å². The molecule has 6 heteroatoms. The second kappa shape index (κ2) is 8.45. The van der Waals surface area contributed by atoms with E-state index in [2.05, 4.69) is 13.0 Å². The zero-order chi connectivity index (χ0) is 20.3. The average Bonchev–Trinajstić information content (AvgIpc) is 3.03. The molecule has 0 aliphatic carbocycles. The Balaban J connectivity index is 1.66. The summed E-state index contributed by atoms with van der Waals surface area (Å²) in [4.78, 5) is 15.0. The minimum absolute atomic E-state index is 0.109. The zero-order valence-corrected chi connectivity index (χ0v) is 17.6. The Hall–Kier alpha value is -2.18. The summed E-state index contributed by atoms with van der Waals surface area (Å²) in [6, 6.07) is 15.1. The topological polar surface area (TPSA) is 57.7 Å². The van der Waals surface area contributed by atoms with Gasteiger partial charge in [-0.05, 0) is 49.1 Å². The van der Waals surface area contributed by atoms with Gasteiger partial charge < -0.3 is 4.90 Å². The number of para-hydroxylation sites is 1. The molecule has 0 saturated carbocycles. The second-order valence-corrected chi connectivity index (χ2v) is 9.12. The Kier molecular flexibility index (Phi) is 6.20. The Morgan fingerprint density at radius 3 is 2.36 bits per heavy atom. The van der Waals surface area contributed by atoms with Gasteiger partial charge >= 0.3 is 0 Å². The fourth-order valence-corrected chi connectivity index (χ4v) is 5.32. The van der Waals surface area contributed by atoms with E-state index >= 15 is 0 Å². The number of carbonyl (C=O) groups is 1. The van der Waals surface area contributed by atoms with E-state index in [4.69, 9.17) is 0 Å². The molecular formula is C22H28N2O3S. The smallest absolute Gasteiger partial charge is 0.243 e. The standard InChI is InChI=1S/C22H28N2O3S/c1-4-23(5-2)28(26,27)20-13-10-18(11-14-20)12-15-22(25)24-17(3)16-19-8-6-7-9-21(19)24/h6-11,13-14,17H,4-5,12,15-16H2,1-3H3/t17-/m0/s1. The Bertz CT molecular complexity index is 935. The van der Waals surface area contributed by atoms with Crippen LogP contribution in [-0.2, 0) is 27.7 Å². The fourth-order valence-electron chi connectivity index (χ4n) is 3.86. The number of carbonyl (C=O) groups excluding carboxylic acids is 1. The zero-order valence-electron chi connectivity index (χ0n) is 16.8. The molecule has 1 aliphatic rings. The number of rotatable bonds is 7. The van der Waals surface area contributed by atoms with Gasteiger partial charge in [0.2, 0.25) is 15.9 Å². The molecule has 5 nitrogen and oxygen atoms in total. The van der Waals surface area contributed by atoms with Gasteiger partial charge in [0, 0.05) is 31.2 Å². The number of aryl methyl sites for hydroxylation is 1. The minimum Gasteiger partial charge on any atom is -0.309 e. The largest absolute Gasteiger partial charge is 0.309 e. The Labute approximate surface area is 168 Å². The van der Waals surface area contributed by atoms with Gasteiger partial charge in [-0.2, -0.15) is 4.31 Å². The van der Waals surface area contributed by atoms with Crippen molar-refractivity contribution in [2.24, 2.45) is 0 Å². The first-order valence-corrected chi connectivity index (χ1v) is 11.3. The molecule has 0 bridgehead atoms. The van der Waals surface area contributed by atoms with Crippen LogP contribution in [0.2, 0.25) is 0 Å². The van der Waals surface area contributed by atoms with Crippen molar-refractivity contribution in [2.75, 3.05) is 18.0 Å². The fraction of sp³-hybridized carbons (Fsp3) is 0.409. The van der Waals surface area contributed by atoms with Gasteiger partial charge in [0.15, 0.2) is 0 Å². The van der Waals surface area contributed by atoms with Crippen molar-refractivity contribution < 1.29 is 13.2 Å². The third-order valence-corrected chi connectivity index (χ3v) is 7.43. The quantitative estimate of drug-likeness (QED) is 0.713. The maximum Gasteiger partial charge on any atom is 0.243 e. The third-order valence-electron chi connectivity index (χ3n) is 5.37. The van der Waals surface area contributed by atoms with Crippen LogP contribution in [0, 0.1) is 0 Å². The molecule has 0 fully saturated rings. The molecule has 2 aromatic carbocycles. The molecule has 2 aromatic rings. The number of hydrogen-bond acceptors (Lipinski definition) is 3. The highest BCUT2D eigenvalue weighted by Gasteiger charge is 2.30. The van der Waals surface area contributed by atoms with Crippen LogP contribution in [0.15, 0.2) is 53.4 Å². The lowest BCUT2D eigenvalue weighted by Crippen LogP contribution is -2.35. The van der Waals surface area contributed by atoms with Crippen LogP contribution in [0.25, 0.3) is 0 Å². The first-order valence-electron chi connectivity index (χ1n) is 9.87. The van der Waals surface area contributed by atoms with E-state index in [1.54, 1.807) is 12.1 Å². The van der Waals surface area contributed by atoms with Crippen LogP contribution in [0.4, 0.5) is 5.69 Å². The third kappa shape index (κ3) is 3.98. The van der Waals surface area contributed by atoms with Crippen LogP contribution in [-0.4, -0.2) is 37.8 Å². The number of fused-ring (bicyclic) bond motifs is 1. The van der Waals surface area contributed by atoms with E-state index in [0.29, 0.717) is 30.8 Å². The van der Waals surface area contributed by atoms with E-state index < -0.39 is 10.0 Å². The van der Waals surface area contributed by atoms with Crippen LogP contribution >= 0.6 is 0 Å². The Morgan fingerprint density at radius 2 is 1.71 bits per heavy atom. The first kappa shape index (κ1) is 20.6. The number of nitrogens with zero attached hydrogens (tertiary/aromatic N) is 2. The lowest BCUT2D eigenvalue weighted by molar-refractivity contribution is -0.118. The van der Waals surface area contributed by atoms with Crippen molar-refractivity contribution in [2.45, 2.75) is 51.0 Å². The summed E-state index contributed by atoms with van der Waals surface area (Å²) in [5, 5.41) is 0. The van der Waals surface area contributed by atoms with Gasteiger partial charge in [0.25, 0.3) is 0 Å². The highest BCUT2D eigenvalue weighted by atomic mass is 32.2. The maximum atomic E-state index is 12.8. The highest BCUT2D eigenvalue weighted by molar-refractivity contribution is 7.89. The van der Waals surface area contributed by atoms with Crippen LogP contribution in [0.3, 0.4) is 0 Å². The Morgan fingerprint density at radius 1 is 1.07 bits per heavy atom. The molecule has 0 N–H and O–H groups in total. The molecule has 28 heavy (non-hydrogen) atoms. The minimum atomic E-state index is -3.44. The summed E-state index contributed by atoms with van der Waals surface area (Å²) >= 11 is 0. The molecule has 1 amide bonds. The van der Waals surface area contributed by atoms with Crippen molar-refractivity contribution in [3.8, 4) is 0 Å². The summed E-state index contributed by atoms with van der Waals surface area (Å²) < 4.78 is 26.6. The monoisotopic (exact) mass is 400 g/mol. The summed E-state index contributed by atoms with van der Waals surface area (Å²) in [5.41, 5.74) is 3.20. The summed E-state index contributed by atoms with van der Waals surface area (Å²) in [6.45, 7) is 6.64. The summed E-state index contributed by atoms with van der Waals surface area (Å²) in [7, 11) is -3.44. The normalized spacial score (nSPS) is 16.4. The first-order chi connectivity index (χ1) is 13.4. The van der Waals surface area contributed by atoms with Crippen LogP contribution in [0.5, 0.6) is 0 Å². The van der Waals surface area contributed by atoms with Crippen LogP contribution in [0.1, 0.15) is 38.3 Å². The van der Waals surface area contributed by atoms with Gasteiger partial charge in [-0.25, -0.2) is 8.42 Å². The predicted molar refractivity (Wildman–Crippen MR) is 112 cm³/mol. The van der Waals surface area contributed by atoms with E-state index in [-0.39, 0.29) is 11.9 Å². The number of anilines is 1. The van der Waals surface area contributed by atoms with Crippen molar-refractivity contribution in [3.63, 3.8) is 0 Å². The SMILES string of the molecule is CCN(CC)S(=O)(=O)c1ccc(CCC(=O)N2c3ccccc3C[C@@H]2C)cc1. The van der Waals surface area contributed by atoms with E-state index in [9.17, 15) is 13.2 Å². The molecule has 150 valence electrons. The van der Waals surface area contributed by atoms with Gasteiger partial charge in [-0.1, -0.05) is 44.2 Å². The lowest BCUT2D eigenvalue weighted by Gasteiger charge is -2.23. The van der Waals surface area contributed by atoms with Crippen molar-refractivity contribution in [1.29, 1.82) is 0 Å². The van der Waals surface area contributed by atoms with E-state index in [0.717, 1.165) is 17.7 Å². The van der Waals surface area contributed by atoms with Gasteiger partial charge in [0.1, 0.15) is 0 Å². The average molecular weight is 401 g/mol.